The third kappa shape index (κ3) is 4.69. The van der Waals surface area contributed by atoms with Crippen molar-refractivity contribution in [2.75, 3.05) is 0 Å². The summed E-state index contributed by atoms with van der Waals surface area (Å²) in [5.74, 6) is 0.710. The smallest absolute Gasteiger partial charge is 0.343 e. The molecule has 20 heavy (non-hydrogen) atoms. The molecule has 1 rings (SSSR count). The van der Waals surface area contributed by atoms with Gasteiger partial charge in [0.1, 0.15) is 5.76 Å². The quantitative estimate of drug-likeness (QED) is 0.405. The summed E-state index contributed by atoms with van der Waals surface area (Å²) < 4.78 is 5.59. The van der Waals surface area contributed by atoms with Crippen molar-refractivity contribution in [2.45, 2.75) is 40.5 Å². The lowest BCUT2D eigenvalue weighted by molar-refractivity contribution is -0.134. The van der Waals surface area contributed by atoms with Crippen LogP contribution in [0.25, 0.3) is 0 Å². The van der Waals surface area contributed by atoms with Gasteiger partial charge < -0.3 is 4.74 Å². The first kappa shape index (κ1) is 16.2. The Hall–Kier alpha value is -1.83. The second-order valence-corrected chi connectivity index (χ2v) is 5.34. The molecule has 108 valence electrons. The summed E-state index contributed by atoms with van der Waals surface area (Å²) in [5.41, 5.74) is 2.46. The Labute approximate surface area is 122 Å². The van der Waals surface area contributed by atoms with E-state index in [4.69, 9.17) is 4.74 Å². The predicted molar refractivity (Wildman–Crippen MR) is 84.0 cm³/mol. The highest BCUT2D eigenvalue weighted by atomic mass is 16.5. The molecule has 1 aliphatic rings. The maximum atomic E-state index is 12.2. The summed E-state index contributed by atoms with van der Waals surface area (Å²) >= 11 is 0. The summed E-state index contributed by atoms with van der Waals surface area (Å²) in [6.45, 7) is 11.8. The van der Waals surface area contributed by atoms with Crippen LogP contribution in [0, 0.1) is 5.92 Å². The third-order valence-corrected chi connectivity index (χ3v) is 3.03. The molecule has 0 spiro atoms. The van der Waals surface area contributed by atoms with Crippen LogP contribution in [0.15, 0.2) is 59.4 Å². The van der Waals surface area contributed by atoms with Crippen LogP contribution in [-0.4, -0.2) is 5.97 Å². The minimum atomic E-state index is -0.298. The maximum Gasteiger partial charge on any atom is 0.343 e. The van der Waals surface area contributed by atoms with Crippen LogP contribution in [-0.2, 0) is 9.53 Å². The molecular weight excluding hydrogens is 248 g/mol. The number of carbonyl (C=O) groups is 1. The monoisotopic (exact) mass is 272 g/mol. The standard InChI is InChI=1S/C18H24O2/c1-6-14(4)17(15(5)12-13(2)3)20-18(19)16-10-8-7-9-11-16/h6,8,10-13H,1,7,9H2,2-5H3/b15-12-,17-14+. The number of esters is 1. The van der Waals surface area contributed by atoms with Gasteiger partial charge in [0.15, 0.2) is 0 Å². The molecule has 0 bridgehead atoms. The molecule has 0 N–H and O–H groups in total. The highest BCUT2D eigenvalue weighted by Crippen LogP contribution is 2.21. The zero-order valence-electron chi connectivity index (χ0n) is 12.9. The van der Waals surface area contributed by atoms with Crippen molar-refractivity contribution in [3.05, 3.63) is 59.4 Å². The minimum Gasteiger partial charge on any atom is -0.422 e. The lowest BCUT2D eigenvalue weighted by Crippen LogP contribution is -2.10. The van der Waals surface area contributed by atoms with E-state index in [0.717, 1.165) is 24.0 Å². The Morgan fingerprint density at radius 3 is 2.55 bits per heavy atom. The summed E-state index contributed by atoms with van der Waals surface area (Å²) in [6, 6.07) is 0. The highest BCUT2D eigenvalue weighted by molar-refractivity contribution is 5.92. The zero-order chi connectivity index (χ0) is 15.1. The van der Waals surface area contributed by atoms with Crippen molar-refractivity contribution >= 4 is 5.97 Å². The van der Waals surface area contributed by atoms with Crippen molar-refractivity contribution in [1.82, 2.24) is 0 Å². The number of rotatable bonds is 5. The molecule has 0 saturated heterocycles. The van der Waals surface area contributed by atoms with Crippen LogP contribution in [0.3, 0.4) is 0 Å². The molecule has 0 saturated carbocycles. The maximum absolute atomic E-state index is 12.2. The topological polar surface area (TPSA) is 26.3 Å². The molecule has 0 atom stereocenters. The lowest BCUT2D eigenvalue weighted by Gasteiger charge is -2.14. The van der Waals surface area contributed by atoms with Gasteiger partial charge in [-0.05, 0) is 43.8 Å². The van der Waals surface area contributed by atoms with E-state index < -0.39 is 0 Å². The first-order valence-corrected chi connectivity index (χ1v) is 7.06. The van der Waals surface area contributed by atoms with Gasteiger partial charge in [-0.15, -0.1) is 0 Å². The predicted octanol–water partition coefficient (Wildman–Crippen LogP) is 4.87. The largest absolute Gasteiger partial charge is 0.422 e. The van der Waals surface area contributed by atoms with Crippen LogP contribution in [0.2, 0.25) is 0 Å². The van der Waals surface area contributed by atoms with Gasteiger partial charge in [0.25, 0.3) is 0 Å². The van der Waals surface area contributed by atoms with Crippen LogP contribution >= 0.6 is 0 Å². The minimum absolute atomic E-state index is 0.298. The summed E-state index contributed by atoms with van der Waals surface area (Å²) in [5, 5.41) is 0. The Bertz CT molecular complexity index is 500. The van der Waals surface area contributed by atoms with E-state index in [0.29, 0.717) is 17.3 Å². The number of ether oxygens (including phenoxy) is 1. The van der Waals surface area contributed by atoms with Gasteiger partial charge in [0, 0.05) is 0 Å². The van der Waals surface area contributed by atoms with Gasteiger partial charge in [0.05, 0.1) is 5.57 Å². The fourth-order valence-corrected chi connectivity index (χ4v) is 2.06. The average molecular weight is 272 g/mol. The Balaban J connectivity index is 2.98. The van der Waals surface area contributed by atoms with Crippen molar-refractivity contribution in [1.29, 1.82) is 0 Å². The summed E-state index contributed by atoms with van der Waals surface area (Å²) in [6.07, 6.45) is 11.4. The lowest BCUT2D eigenvalue weighted by atomic mass is 10.1. The van der Waals surface area contributed by atoms with Crippen molar-refractivity contribution < 1.29 is 9.53 Å². The molecule has 0 amide bonds. The molecule has 2 nitrogen and oxygen atoms in total. The first-order valence-electron chi connectivity index (χ1n) is 7.06. The molecule has 0 aromatic heterocycles. The third-order valence-electron chi connectivity index (χ3n) is 3.03. The van der Waals surface area contributed by atoms with Crippen LogP contribution in [0.4, 0.5) is 0 Å². The normalized spacial score (nSPS) is 16.6. The summed E-state index contributed by atoms with van der Waals surface area (Å²) in [4.78, 5) is 12.2. The molecule has 1 aliphatic carbocycles. The Kier molecular flexibility index (Phi) is 6.23. The van der Waals surface area contributed by atoms with Crippen LogP contribution in [0.5, 0.6) is 0 Å². The second kappa shape index (κ2) is 7.68. The number of hydrogen-bond donors (Lipinski definition) is 0. The number of hydrogen-bond acceptors (Lipinski definition) is 2. The van der Waals surface area contributed by atoms with Gasteiger partial charge >= 0.3 is 5.97 Å². The number of carbonyl (C=O) groups excluding carboxylic acids is 1. The van der Waals surface area contributed by atoms with Crippen LogP contribution < -0.4 is 0 Å². The molecule has 0 aliphatic heterocycles. The molecular formula is C18H24O2. The fourth-order valence-electron chi connectivity index (χ4n) is 2.06. The molecule has 0 fully saturated rings. The van der Waals surface area contributed by atoms with Crippen molar-refractivity contribution in [3.8, 4) is 0 Å². The van der Waals surface area contributed by atoms with Gasteiger partial charge in [-0.3, -0.25) is 0 Å². The van der Waals surface area contributed by atoms with E-state index in [-0.39, 0.29) is 5.97 Å². The van der Waals surface area contributed by atoms with Crippen molar-refractivity contribution in [3.63, 3.8) is 0 Å². The van der Waals surface area contributed by atoms with E-state index in [2.05, 4.69) is 26.5 Å². The molecule has 0 radical (unpaired) electrons. The Morgan fingerprint density at radius 1 is 1.35 bits per heavy atom. The van der Waals surface area contributed by atoms with E-state index in [1.165, 1.54) is 0 Å². The summed E-state index contributed by atoms with van der Waals surface area (Å²) in [7, 11) is 0. The second-order valence-electron chi connectivity index (χ2n) is 5.34. The van der Waals surface area contributed by atoms with E-state index in [1.54, 1.807) is 6.08 Å². The molecule has 0 aromatic rings. The van der Waals surface area contributed by atoms with E-state index >= 15 is 0 Å². The van der Waals surface area contributed by atoms with E-state index in [1.807, 2.05) is 32.1 Å². The van der Waals surface area contributed by atoms with Gasteiger partial charge in [-0.2, -0.15) is 0 Å². The fraction of sp³-hybridized carbons (Fsp3) is 0.389. The zero-order valence-corrected chi connectivity index (χ0v) is 12.9. The average Bonchev–Trinajstić information content (AvgIpc) is 2.43. The van der Waals surface area contributed by atoms with Gasteiger partial charge in [-0.25, -0.2) is 4.79 Å². The Morgan fingerprint density at radius 2 is 2.05 bits per heavy atom. The molecule has 0 heterocycles. The van der Waals surface area contributed by atoms with Crippen LogP contribution in [0.1, 0.15) is 40.5 Å². The number of allylic oxidation sites excluding steroid dienone is 6. The molecule has 0 unspecified atom stereocenters. The van der Waals surface area contributed by atoms with Crippen molar-refractivity contribution in [2.24, 2.45) is 5.92 Å². The van der Waals surface area contributed by atoms with Gasteiger partial charge in [0.2, 0.25) is 0 Å². The highest BCUT2D eigenvalue weighted by Gasteiger charge is 2.15. The first-order chi connectivity index (χ1) is 9.45. The van der Waals surface area contributed by atoms with Gasteiger partial charge in [-0.1, -0.05) is 50.8 Å². The SMILES string of the molecule is C=C/C(C)=C(OC(=O)C1=CCCC=C1)\C(C)=C/C(C)C. The molecule has 2 heteroatoms. The van der Waals surface area contributed by atoms with E-state index in [9.17, 15) is 4.79 Å². The molecule has 0 aromatic carbocycles.